The Morgan fingerprint density at radius 2 is 2.21 bits per heavy atom. The van der Waals surface area contributed by atoms with E-state index in [0.29, 0.717) is 5.69 Å². The molecule has 0 aliphatic rings. The SMILES string of the molecule is C=CC(=O)N(Cc1ccn(C)n1)c1ccccc1F. The molecule has 0 bridgehead atoms. The molecule has 0 aliphatic heterocycles. The molecule has 0 saturated carbocycles. The lowest BCUT2D eigenvalue weighted by molar-refractivity contribution is -0.114. The number of carbonyl (C=O) groups excluding carboxylic acids is 1. The molecule has 0 unspecified atom stereocenters. The second kappa shape index (κ2) is 5.48. The molecule has 98 valence electrons. The molecule has 1 aromatic carbocycles. The number of aromatic nitrogens is 2. The molecule has 0 saturated heterocycles. The smallest absolute Gasteiger partial charge is 0.250 e. The number of carbonyl (C=O) groups is 1. The van der Waals surface area contributed by atoms with Gasteiger partial charge < -0.3 is 0 Å². The number of benzene rings is 1. The molecule has 2 rings (SSSR count). The molecule has 0 aliphatic carbocycles. The second-order valence-corrected chi connectivity index (χ2v) is 4.06. The maximum absolute atomic E-state index is 13.8. The van der Waals surface area contributed by atoms with Crippen LogP contribution in [0.2, 0.25) is 0 Å². The van der Waals surface area contributed by atoms with Crippen LogP contribution in [0.5, 0.6) is 0 Å². The highest BCUT2D eigenvalue weighted by atomic mass is 19.1. The van der Waals surface area contributed by atoms with Gasteiger partial charge in [0, 0.05) is 13.2 Å². The normalized spacial score (nSPS) is 10.2. The van der Waals surface area contributed by atoms with Gasteiger partial charge >= 0.3 is 0 Å². The first-order valence-electron chi connectivity index (χ1n) is 5.79. The Bertz CT molecular complexity index is 606. The average Bonchev–Trinajstić information content (AvgIpc) is 2.82. The van der Waals surface area contributed by atoms with Gasteiger partial charge in [-0.15, -0.1) is 0 Å². The molecule has 4 nitrogen and oxygen atoms in total. The lowest BCUT2D eigenvalue weighted by Crippen LogP contribution is -2.29. The maximum Gasteiger partial charge on any atom is 0.250 e. The fourth-order valence-electron chi connectivity index (χ4n) is 1.77. The van der Waals surface area contributed by atoms with E-state index in [2.05, 4.69) is 11.7 Å². The van der Waals surface area contributed by atoms with Crippen LogP contribution in [-0.2, 0) is 18.4 Å². The quantitative estimate of drug-likeness (QED) is 0.790. The van der Waals surface area contributed by atoms with Gasteiger partial charge in [0.25, 0.3) is 5.91 Å². The van der Waals surface area contributed by atoms with E-state index in [9.17, 15) is 9.18 Å². The number of hydrogen-bond acceptors (Lipinski definition) is 2. The minimum atomic E-state index is -0.450. The van der Waals surface area contributed by atoms with Crippen LogP contribution < -0.4 is 4.90 Å². The van der Waals surface area contributed by atoms with Crippen molar-refractivity contribution >= 4 is 11.6 Å². The molecule has 0 atom stereocenters. The fraction of sp³-hybridized carbons (Fsp3) is 0.143. The molecule has 0 fully saturated rings. The van der Waals surface area contributed by atoms with Crippen LogP contribution in [0.1, 0.15) is 5.69 Å². The first-order valence-corrected chi connectivity index (χ1v) is 5.79. The van der Waals surface area contributed by atoms with Crippen LogP contribution in [-0.4, -0.2) is 15.7 Å². The maximum atomic E-state index is 13.8. The number of halogens is 1. The molecule has 1 heterocycles. The third-order valence-corrected chi connectivity index (χ3v) is 2.67. The van der Waals surface area contributed by atoms with Gasteiger partial charge in [-0.2, -0.15) is 5.10 Å². The van der Waals surface area contributed by atoms with Gasteiger partial charge in [-0.1, -0.05) is 18.7 Å². The third-order valence-electron chi connectivity index (χ3n) is 2.67. The van der Waals surface area contributed by atoms with Crippen molar-refractivity contribution in [2.75, 3.05) is 4.90 Å². The fourth-order valence-corrected chi connectivity index (χ4v) is 1.77. The number of anilines is 1. The molecule has 5 heteroatoms. The van der Waals surface area contributed by atoms with Gasteiger partial charge in [-0.3, -0.25) is 14.4 Å². The molecular formula is C14H14FN3O. The summed E-state index contributed by atoms with van der Waals surface area (Å²) in [5.41, 5.74) is 0.902. The summed E-state index contributed by atoms with van der Waals surface area (Å²) in [5.74, 6) is -0.815. The van der Waals surface area contributed by atoms with Crippen LogP contribution >= 0.6 is 0 Å². The largest absolute Gasteiger partial charge is 0.300 e. The number of amides is 1. The van der Waals surface area contributed by atoms with Gasteiger partial charge in [0.2, 0.25) is 0 Å². The molecule has 1 aromatic heterocycles. The summed E-state index contributed by atoms with van der Waals surface area (Å²) in [6.07, 6.45) is 2.93. The molecule has 19 heavy (non-hydrogen) atoms. The predicted octanol–water partition coefficient (Wildman–Crippen LogP) is 2.28. The summed E-state index contributed by atoms with van der Waals surface area (Å²) in [4.78, 5) is 13.2. The Balaban J connectivity index is 2.34. The van der Waals surface area contributed by atoms with Crippen molar-refractivity contribution in [1.82, 2.24) is 9.78 Å². The Kier molecular flexibility index (Phi) is 3.75. The summed E-state index contributed by atoms with van der Waals surface area (Å²) in [5, 5.41) is 4.19. The lowest BCUT2D eigenvalue weighted by Gasteiger charge is -2.20. The van der Waals surface area contributed by atoms with Crippen LogP contribution in [0.25, 0.3) is 0 Å². The molecule has 2 aromatic rings. The highest BCUT2D eigenvalue weighted by molar-refractivity contribution is 6.00. The number of rotatable bonds is 4. The summed E-state index contributed by atoms with van der Waals surface area (Å²) >= 11 is 0. The third kappa shape index (κ3) is 2.88. The van der Waals surface area contributed by atoms with E-state index < -0.39 is 5.82 Å². The topological polar surface area (TPSA) is 38.1 Å². The number of nitrogens with zero attached hydrogens (tertiary/aromatic N) is 3. The zero-order valence-corrected chi connectivity index (χ0v) is 10.6. The summed E-state index contributed by atoms with van der Waals surface area (Å²) in [6, 6.07) is 7.91. The summed E-state index contributed by atoms with van der Waals surface area (Å²) < 4.78 is 15.4. The minimum Gasteiger partial charge on any atom is -0.300 e. The number of aryl methyl sites for hydroxylation is 1. The summed E-state index contributed by atoms with van der Waals surface area (Å²) in [6.45, 7) is 3.65. The molecule has 1 amide bonds. The van der Waals surface area contributed by atoms with E-state index in [-0.39, 0.29) is 18.1 Å². The van der Waals surface area contributed by atoms with Gasteiger partial charge in [0.15, 0.2) is 0 Å². The van der Waals surface area contributed by atoms with E-state index in [1.165, 1.54) is 11.0 Å². The molecular weight excluding hydrogens is 245 g/mol. The van der Waals surface area contributed by atoms with E-state index in [0.717, 1.165) is 6.08 Å². The number of para-hydroxylation sites is 1. The Morgan fingerprint density at radius 3 is 2.79 bits per heavy atom. The molecule has 0 spiro atoms. The van der Waals surface area contributed by atoms with E-state index in [1.807, 2.05) is 0 Å². The van der Waals surface area contributed by atoms with Gasteiger partial charge in [-0.05, 0) is 24.3 Å². The van der Waals surface area contributed by atoms with Crippen LogP contribution in [0, 0.1) is 5.82 Å². The van der Waals surface area contributed by atoms with Crippen LogP contribution in [0.15, 0.2) is 49.2 Å². The van der Waals surface area contributed by atoms with E-state index in [1.54, 1.807) is 42.2 Å². The monoisotopic (exact) mass is 259 g/mol. The van der Waals surface area contributed by atoms with Gasteiger partial charge in [0.05, 0.1) is 17.9 Å². The van der Waals surface area contributed by atoms with Gasteiger partial charge in [-0.25, -0.2) is 4.39 Å². The van der Waals surface area contributed by atoms with E-state index >= 15 is 0 Å². The predicted molar refractivity (Wildman–Crippen MR) is 71.0 cm³/mol. The Hall–Kier alpha value is -2.43. The van der Waals surface area contributed by atoms with Crippen LogP contribution in [0.4, 0.5) is 10.1 Å². The highest BCUT2D eigenvalue weighted by Crippen LogP contribution is 2.21. The zero-order valence-electron chi connectivity index (χ0n) is 10.6. The van der Waals surface area contributed by atoms with Crippen LogP contribution in [0.3, 0.4) is 0 Å². The summed E-state index contributed by atoms with van der Waals surface area (Å²) in [7, 11) is 1.78. The van der Waals surface area contributed by atoms with Crippen molar-refractivity contribution in [2.24, 2.45) is 7.05 Å². The molecule has 0 N–H and O–H groups in total. The van der Waals surface area contributed by atoms with Crippen molar-refractivity contribution < 1.29 is 9.18 Å². The first-order chi connectivity index (χ1) is 9.11. The van der Waals surface area contributed by atoms with Crippen molar-refractivity contribution in [3.63, 3.8) is 0 Å². The van der Waals surface area contributed by atoms with Crippen molar-refractivity contribution in [3.8, 4) is 0 Å². The zero-order chi connectivity index (χ0) is 13.8. The lowest BCUT2D eigenvalue weighted by atomic mass is 10.2. The Morgan fingerprint density at radius 1 is 1.47 bits per heavy atom. The molecule has 0 radical (unpaired) electrons. The number of hydrogen-bond donors (Lipinski definition) is 0. The second-order valence-electron chi connectivity index (χ2n) is 4.06. The van der Waals surface area contributed by atoms with Gasteiger partial charge in [0.1, 0.15) is 5.82 Å². The van der Waals surface area contributed by atoms with Crippen molar-refractivity contribution in [2.45, 2.75) is 6.54 Å². The highest BCUT2D eigenvalue weighted by Gasteiger charge is 2.17. The van der Waals surface area contributed by atoms with Crippen molar-refractivity contribution in [3.05, 3.63) is 60.7 Å². The van der Waals surface area contributed by atoms with E-state index in [4.69, 9.17) is 0 Å². The Labute approximate surface area is 110 Å². The van der Waals surface area contributed by atoms with Crippen molar-refractivity contribution in [1.29, 1.82) is 0 Å². The minimum absolute atomic E-state index is 0.201. The first kappa shape index (κ1) is 13.0. The standard InChI is InChI=1S/C14H14FN3O/c1-3-14(19)18(10-11-8-9-17(2)16-11)13-7-5-4-6-12(13)15/h3-9H,1,10H2,2H3. The average molecular weight is 259 g/mol.